The van der Waals surface area contributed by atoms with Crippen LogP contribution in [0, 0.1) is 6.92 Å². The molecule has 1 aromatic carbocycles. The molecule has 96 valence electrons. The van der Waals surface area contributed by atoms with Gasteiger partial charge < -0.3 is 15.8 Å². The number of nitrogen functional groups attached to an aromatic ring is 1. The molecular formula is C13H18N4O. The van der Waals surface area contributed by atoms with Crippen LogP contribution in [0.3, 0.4) is 0 Å². The number of aryl methyl sites for hydroxylation is 1. The molecule has 0 saturated heterocycles. The van der Waals surface area contributed by atoms with Crippen molar-refractivity contribution in [1.82, 2.24) is 9.78 Å². The maximum atomic E-state index is 5.86. The second kappa shape index (κ2) is 5.00. The number of anilines is 2. The van der Waals surface area contributed by atoms with Crippen LogP contribution in [0.2, 0.25) is 0 Å². The Labute approximate surface area is 107 Å². The van der Waals surface area contributed by atoms with Crippen LogP contribution in [0.1, 0.15) is 11.3 Å². The summed E-state index contributed by atoms with van der Waals surface area (Å²) < 4.78 is 6.88. The van der Waals surface area contributed by atoms with Gasteiger partial charge in [0.2, 0.25) is 5.88 Å². The third-order valence-corrected chi connectivity index (χ3v) is 2.93. The lowest BCUT2D eigenvalue weighted by atomic mass is 10.1. The number of benzene rings is 1. The molecule has 2 rings (SSSR count). The SMILES string of the molecule is COc1cc(CNc2cccc(N)c2C)nn1C. The van der Waals surface area contributed by atoms with Crippen molar-refractivity contribution >= 4 is 11.4 Å². The van der Waals surface area contributed by atoms with Gasteiger partial charge in [-0.15, -0.1) is 0 Å². The van der Waals surface area contributed by atoms with Gasteiger partial charge in [-0.1, -0.05) is 6.07 Å². The van der Waals surface area contributed by atoms with E-state index in [0.29, 0.717) is 6.54 Å². The van der Waals surface area contributed by atoms with Crippen molar-refractivity contribution in [2.24, 2.45) is 7.05 Å². The molecule has 0 saturated carbocycles. The number of hydrogen-bond acceptors (Lipinski definition) is 4. The third kappa shape index (κ3) is 2.40. The standard InChI is InChI=1S/C13H18N4O/c1-9-11(14)5-4-6-12(9)15-8-10-7-13(18-3)17(2)16-10/h4-7,15H,8,14H2,1-3H3. The highest BCUT2D eigenvalue weighted by atomic mass is 16.5. The van der Waals surface area contributed by atoms with Gasteiger partial charge in [0, 0.05) is 24.5 Å². The summed E-state index contributed by atoms with van der Waals surface area (Å²) in [6.07, 6.45) is 0. The fourth-order valence-electron chi connectivity index (χ4n) is 1.81. The van der Waals surface area contributed by atoms with Gasteiger partial charge in [-0.2, -0.15) is 5.10 Å². The second-order valence-electron chi connectivity index (χ2n) is 4.17. The minimum Gasteiger partial charge on any atom is -0.481 e. The maximum absolute atomic E-state index is 5.86. The molecule has 0 aliphatic heterocycles. The number of nitrogens with zero attached hydrogens (tertiary/aromatic N) is 2. The first-order chi connectivity index (χ1) is 8.61. The van der Waals surface area contributed by atoms with E-state index in [-0.39, 0.29) is 0 Å². The van der Waals surface area contributed by atoms with Gasteiger partial charge in [-0.05, 0) is 24.6 Å². The topological polar surface area (TPSA) is 65.1 Å². The van der Waals surface area contributed by atoms with Crippen molar-refractivity contribution in [1.29, 1.82) is 0 Å². The minimum atomic E-state index is 0.640. The van der Waals surface area contributed by atoms with Crippen molar-refractivity contribution in [2.75, 3.05) is 18.2 Å². The number of nitrogens with two attached hydrogens (primary N) is 1. The van der Waals surface area contributed by atoms with Crippen molar-refractivity contribution < 1.29 is 4.74 Å². The van der Waals surface area contributed by atoms with Gasteiger partial charge in [0.05, 0.1) is 19.3 Å². The van der Waals surface area contributed by atoms with E-state index >= 15 is 0 Å². The highest BCUT2D eigenvalue weighted by Crippen LogP contribution is 2.21. The molecule has 2 aromatic rings. The molecule has 0 unspecified atom stereocenters. The lowest BCUT2D eigenvalue weighted by Gasteiger charge is -2.09. The third-order valence-electron chi connectivity index (χ3n) is 2.93. The molecule has 1 heterocycles. The highest BCUT2D eigenvalue weighted by Gasteiger charge is 2.06. The van der Waals surface area contributed by atoms with Gasteiger partial charge in [-0.3, -0.25) is 0 Å². The van der Waals surface area contributed by atoms with E-state index in [1.807, 2.05) is 38.2 Å². The minimum absolute atomic E-state index is 0.640. The van der Waals surface area contributed by atoms with Crippen molar-refractivity contribution in [3.63, 3.8) is 0 Å². The molecule has 0 fully saturated rings. The smallest absolute Gasteiger partial charge is 0.211 e. The van der Waals surface area contributed by atoms with E-state index in [1.165, 1.54) is 0 Å². The average Bonchev–Trinajstić information content (AvgIpc) is 2.72. The lowest BCUT2D eigenvalue weighted by Crippen LogP contribution is -2.03. The van der Waals surface area contributed by atoms with E-state index in [0.717, 1.165) is 28.5 Å². The molecule has 0 amide bonds. The molecule has 0 aliphatic rings. The molecule has 5 heteroatoms. The average molecular weight is 246 g/mol. The first kappa shape index (κ1) is 12.3. The summed E-state index contributed by atoms with van der Waals surface area (Å²) in [7, 11) is 3.49. The first-order valence-corrected chi connectivity index (χ1v) is 5.77. The Morgan fingerprint density at radius 3 is 2.89 bits per heavy atom. The summed E-state index contributed by atoms with van der Waals surface area (Å²) in [5.74, 6) is 0.746. The van der Waals surface area contributed by atoms with Gasteiger partial charge in [0.1, 0.15) is 0 Å². The molecule has 0 aliphatic carbocycles. The Balaban J connectivity index is 2.09. The number of ether oxygens (including phenoxy) is 1. The quantitative estimate of drug-likeness (QED) is 0.809. The Kier molecular flexibility index (Phi) is 3.41. The Morgan fingerprint density at radius 1 is 1.44 bits per heavy atom. The predicted octanol–water partition coefficient (Wildman–Crippen LogP) is 1.93. The van der Waals surface area contributed by atoms with E-state index in [1.54, 1.807) is 11.8 Å². The maximum Gasteiger partial charge on any atom is 0.211 e. The number of aromatic nitrogens is 2. The van der Waals surface area contributed by atoms with Crippen LogP contribution in [0.25, 0.3) is 0 Å². The van der Waals surface area contributed by atoms with Crippen LogP contribution >= 0.6 is 0 Å². The lowest BCUT2D eigenvalue weighted by molar-refractivity contribution is 0.373. The normalized spacial score (nSPS) is 10.4. The molecule has 3 N–H and O–H groups in total. The summed E-state index contributed by atoms with van der Waals surface area (Å²) in [5, 5.41) is 7.67. The van der Waals surface area contributed by atoms with Crippen LogP contribution in [0.4, 0.5) is 11.4 Å². The number of nitrogens with one attached hydrogen (secondary N) is 1. The monoisotopic (exact) mass is 246 g/mol. The van der Waals surface area contributed by atoms with Crippen LogP contribution in [-0.4, -0.2) is 16.9 Å². The predicted molar refractivity (Wildman–Crippen MR) is 72.7 cm³/mol. The zero-order valence-electron chi connectivity index (χ0n) is 10.9. The summed E-state index contributed by atoms with van der Waals surface area (Å²) in [5.41, 5.74) is 9.66. The molecule has 0 radical (unpaired) electrons. The van der Waals surface area contributed by atoms with Crippen molar-refractivity contribution in [3.05, 3.63) is 35.5 Å². The molecule has 18 heavy (non-hydrogen) atoms. The van der Waals surface area contributed by atoms with E-state index in [2.05, 4.69) is 10.4 Å². The molecule has 0 atom stereocenters. The van der Waals surface area contributed by atoms with E-state index in [4.69, 9.17) is 10.5 Å². The number of methoxy groups -OCH3 is 1. The molecule has 0 bridgehead atoms. The number of hydrogen-bond donors (Lipinski definition) is 2. The van der Waals surface area contributed by atoms with Gasteiger partial charge >= 0.3 is 0 Å². The summed E-state index contributed by atoms with van der Waals surface area (Å²) in [4.78, 5) is 0. The largest absolute Gasteiger partial charge is 0.481 e. The Bertz CT molecular complexity index is 548. The second-order valence-corrected chi connectivity index (χ2v) is 4.17. The Morgan fingerprint density at radius 2 is 2.22 bits per heavy atom. The fraction of sp³-hybridized carbons (Fsp3) is 0.308. The summed E-state index contributed by atoms with van der Waals surface area (Å²) >= 11 is 0. The highest BCUT2D eigenvalue weighted by molar-refractivity contribution is 5.62. The fourth-order valence-corrected chi connectivity index (χ4v) is 1.81. The summed E-state index contributed by atoms with van der Waals surface area (Å²) in [6, 6.07) is 7.74. The van der Waals surface area contributed by atoms with Crippen LogP contribution in [-0.2, 0) is 13.6 Å². The van der Waals surface area contributed by atoms with Gasteiger partial charge in [0.25, 0.3) is 0 Å². The zero-order chi connectivity index (χ0) is 13.1. The van der Waals surface area contributed by atoms with E-state index in [9.17, 15) is 0 Å². The molecule has 1 aromatic heterocycles. The molecular weight excluding hydrogens is 228 g/mol. The summed E-state index contributed by atoms with van der Waals surface area (Å²) in [6.45, 7) is 2.64. The molecule has 0 spiro atoms. The van der Waals surface area contributed by atoms with Gasteiger partial charge in [-0.25, -0.2) is 4.68 Å². The van der Waals surface area contributed by atoms with E-state index < -0.39 is 0 Å². The van der Waals surface area contributed by atoms with Crippen LogP contribution in [0.5, 0.6) is 5.88 Å². The zero-order valence-corrected chi connectivity index (χ0v) is 10.9. The van der Waals surface area contributed by atoms with Crippen LogP contribution < -0.4 is 15.8 Å². The van der Waals surface area contributed by atoms with Crippen molar-refractivity contribution in [2.45, 2.75) is 13.5 Å². The van der Waals surface area contributed by atoms with Crippen molar-refractivity contribution in [3.8, 4) is 5.88 Å². The first-order valence-electron chi connectivity index (χ1n) is 5.77. The molecule has 5 nitrogen and oxygen atoms in total. The number of rotatable bonds is 4. The Hall–Kier alpha value is -2.17. The van der Waals surface area contributed by atoms with Crippen LogP contribution in [0.15, 0.2) is 24.3 Å². The van der Waals surface area contributed by atoms with Gasteiger partial charge in [0.15, 0.2) is 0 Å².